The van der Waals surface area contributed by atoms with Gasteiger partial charge in [0.05, 0.1) is 6.54 Å². The van der Waals surface area contributed by atoms with Crippen molar-refractivity contribution in [1.29, 1.82) is 0 Å². The number of nitrogens with zero attached hydrogens (tertiary/aromatic N) is 2. The molecular formula is C17H21N3S. The van der Waals surface area contributed by atoms with E-state index >= 15 is 0 Å². The maximum Gasteiger partial charge on any atom is 0.113 e. The topological polar surface area (TPSA) is 29.9 Å². The van der Waals surface area contributed by atoms with E-state index in [2.05, 4.69) is 57.6 Å². The molecule has 4 heteroatoms. The average Bonchev–Trinajstić information content (AvgIpc) is 3.07. The van der Waals surface area contributed by atoms with E-state index in [1.807, 2.05) is 6.92 Å². The van der Waals surface area contributed by atoms with Crippen LogP contribution < -0.4 is 5.32 Å². The van der Waals surface area contributed by atoms with Gasteiger partial charge in [0, 0.05) is 29.3 Å². The third-order valence-corrected chi connectivity index (χ3v) is 4.52. The van der Waals surface area contributed by atoms with Gasteiger partial charge in [-0.15, -0.1) is 11.3 Å². The number of hydrogen-bond donors (Lipinski definition) is 1. The van der Waals surface area contributed by atoms with E-state index in [0.29, 0.717) is 0 Å². The smallest absolute Gasteiger partial charge is 0.113 e. The van der Waals surface area contributed by atoms with Crippen LogP contribution >= 0.6 is 11.3 Å². The summed E-state index contributed by atoms with van der Waals surface area (Å²) in [5.74, 6) is 0. The molecule has 0 aliphatic heterocycles. The lowest BCUT2D eigenvalue weighted by Gasteiger charge is -2.06. The monoisotopic (exact) mass is 299 g/mol. The number of nitrogens with one attached hydrogen (secondary N) is 1. The minimum Gasteiger partial charge on any atom is -0.341 e. The first-order valence-corrected chi connectivity index (χ1v) is 8.33. The molecule has 0 saturated carbocycles. The number of aryl methyl sites for hydroxylation is 1. The largest absolute Gasteiger partial charge is 0.341 e. The predicted octanol–water partition coefficient (Wildman–Crippen LogP) is 3.95. The Morgan fingerprint density at radius 2 is 2.19 bits per heavy atom. The van der Waals surface area contributed by atoms with Crippen molar-refractivity contribution >= 4 is 22.2 Å². The van der Waals surface area contributed by atoms with E-state index in [1.54, 1.807) is 11.3 Å². The van der Waals surface area contributed by atoms with Crippen LogP contribution in [0.5, 0.6) is 0 Å². The van der Waals surface area contributed by atoms with Gasteiger partial charge < -0.3 is 9.88 Å². The van der Waals surface area contributed by atoms with Crippen molar-refractivity contribution in [2.24, 2.45) is 0 Å². The van der Waals surface area contributed by atoms with Gasteiger partial charge in [-0.25, -0.2) is 4.98 Å². The van der Waals surface area contributed by atoms with Crippen LogP contribution in [0.25, 0.3) is 10.9 Å². The maximum atomic E-state index is 4.56. The van der Waals surface area contributed by atoms with E-state index in [4.69, 9.17) is 0 Å². The highest BCUT2D eigenvalue weighted by atomic mass is 32.1. The highest BCUT2D eigenvalue weighted by molar-refractivity contribution is 7.09. The molecule has 0 aliphatic carbocycles. The molecule has 0 radical (unpaired) electrons. The number of hydrogen-bond acceptors (Lipinski definition) is 3. The lowest BCUT2D eigenvalue weighted by atomic mass is 10.1. The van der Waals surface area contributed by atoms with Crippen molar-refractivity contribution in [3.63, 3.8) is 0 Å². The molecule has 0 spiro atoms. The predicted molar refractivity (Wildman–Crippen MR) is 89.9 cm³/mol. The standard InChI is InChI=1S/C17H21N3S/c1-3-7-18-10-14-4-5-15-6-8-20(16(15)9-14)11-17-19-13(2)12-21-17/h4-6,8-9,12,18H,3,7,10-11H2,1-2H3. The molecule has 2 heterocycles. The SMILES string of the molecule is CCCNCc1ccc2ccn(Cc3nc(C)cs3)c2c1. The summed E-state index contributed by atoms with van der Waals surface area (Å²) >= 11 is 1.73. The summed E-state index contributed by atoms with van der Waals surface area (Å²) in [4.78, 5) is 4.56. The summed E-state index contributed by atoms with van der Waals surface area (Å²) < 4.78 is 2.29. The molecule has 0 bridgehead atoms. The van der Waals surface area contributed by atoms with Crippen LogP contribution in [-0.2, 0) is 13.1 Å². The number of benzene rings is 1. The Balaban J connectivity index is 1.83. The average molecular weight is 299 g/mol. The highest BCUT2D eigenvalue weighted by Crippen LogP contribution is 2.20. The Morgan fingerprint density at radius 1 is 1.29 bits per heavy atom. The minimum absolute atomic E-state index is 0.855. The molecule has 0 aliphatic rings. The van der Waals surface area contributed by atoms with Crippen LogP contribution in [0, 0.1) is 6.92 Å². The molecule has 3 nitrogen and oxygen atoms in total. The lowest BCUT2D eigenvalue weighted by Crippen LogP contribution is -2.13. The van der Waals surface area contributed by atoms with Gasteiger partial charge in [-0.3, -0.25) is 0 Å². The summed E-state index contributed by atoms with van der Waals surface area (Å²) in [5, 5.41) is 8.03. The van der Waals surface area contributed by atoms with Crippen molar-refractivity contribution in [1.82, 2.24) is 14.9 Å². The number of thiazole rings is 1. The molecule has 21 heavy (non-hydrogen) atoms. The first-order chi connectivity index (χ1) is 10.3. The van der Waals surface area contributed by atoms with Crippen LogP contribution in [0.1, 0.15) is 29.6 Å². The Kier molecular flexibility index (Phi) is 4.36. The molecular weight excluding hydrogens is 278 g/mol. The normalized spacial score (nSPS) is 11.3. The van der Waals surface area contributed by atoms with Crippen LogP contribution in [0.3, 0.4) is 0 Å². The van der Waals surface area contributed by atoms with Crippen molar-refractivity contribution in [3.05, 3.63) is 52.1 Å². The minimum atomic E-state index is 0.855. The van der Waals surface area contributed by atoms with Gasteiger partial charge in [0.25, 0.3) is 0 Å². The second-order valence-corrected chi connectivity index (χ2v) is 6.34. The van der Waals surface area contributed by atoms with Crippen molar-refractivity contribution in [2.45, 2.75) is 33.4 Å². The first kappa shape index (κ1) is 14.3. The van der Waals surface area contributed by atoms with E-state index in [1.165, 1.54) is 27.9 Å². The van der Waals surface area contributed by atoms with E-state index < -0.39 is 0 Å². The Morgan fingerprint density at radius 3 is 2.95 bits per heavy atom. The summed E-state index contributed by atoms with van der Waals surface area (Å²) in [7, 11) is 0. The third kappa shape index (κ3) is 3.34. The van der Waals surface area contributed by atoms with Crippen LogP contribution in [0.2, 0.25) is 0 Å². The van der Waals surface area contributed by atoms with Gasteiger partial charge in [-0.05, 0) is 43.0 Å². The molecule has 3 aromatic rings. The fourth-order valence-electron chi connectivity index (χ4n) is 2.51. The zero-order valence-electron chi connectivity index (χ0n) is 12.6. The fraction of sp³-hybridized carbons (Fsp3) is 0.353. The van der Waals surface area contributed by atoms with E-state index in [0.717, 1.165) is 25.3 Å². The quantitative estimate of drug-likeness (QED) is 0.698. The van der Waals surface area contributed by atoms with E-state index in [-0.39, 0.29) is 0 Å². The molecule has 0 unspecified atom stereocenters. The second kappa shape index (κ2) is 6.41. The highest BCUT2D eigenvalue weighted by Gasteiger charge is 2.05. The molecule has 0 saturated heterocycles. The van der Waals surface area contributed by atoms with Crippen LogP contribution in [-0.4, -0.2) is 16.1 Å². The molecule has 1 aromatic carbocycles. The second-order valence-electron chi connectivity index (χ2n) is 5.40. The van der Waals surface area contributed by atoms with Gasteiger partial charge in [-0.1, -0.05) is 19.1 Å². The first-order valence-electron chi connectivity index (χ1n) is 7.46. The molecule has 0 amide bonds. The summed E-state index contributed by atoms with van der Waals surface area (Å²) in [5.41, 5.74) is 3.74. The van der Waals surface area contributed by atoms with Gasteiger partial charge in [0.2, 0.25) is 0 Å². The number of aromatic nitrogens is 2. The third-order valence-electron chi connectivity index (χ3n) is 3.57. The molecule has 0 fully saturated rings. The van der Waals surface area contributed by atoms with Crippen molar-refractivity contribution in [3.8, 4) is 0 Å². The van der Waals surface area contributed by atoms with Crippen molar-refractivity contribution < 1.29 is 0 Å². The van der Waals surface area contributed by atoms with Crippen LogP contribution in [0.4, 0.5) is 0 Å². The zero-order valence-corrected chi connectivity index (χ0v) is 13.4. The molecule has 2 aromatic heterocycles. The molecule has 0 atom stereocenters. The molecule has 110 valence electrons. The van der Waals surface area contributed by atoms with E-state index in [9.17, 15) is 0 Å². The number of fused-ring (bicyclic) bond motifs is 1. The van der Waals surface area contributed by atoms with Gasteiger partial charge in [-0.2, -0.15) is 0 Å². The zero-order chi connectivity index (χ0) is 14.7. The van der Waals surface area contributed by atoms with Gasteiger partial charge in [0.15, 0.2) is 0 Å². The van der Waals surface area contributed by atoms with Crippen LogP contribution in [0.15, 0.2) is 35.8 Å². The Bertz CT molecular complexity index is 727. The van der Waals surface area contributed by atoms with Crippen molar-refractivity contribution in [2.75, 3.05) is 6.54 Å². The summed E-state index contributed by atoms with van der Waals surface area (Å²) in [6.07, 6.45) is 3.33. The van der Waals surface area contributed by atoms with Gasteiger partial charge >= 0.3 is 0 Å². The summed E-state index contributed by atoms with van der Waals surface area (Å²) in [6.45, 7) is 7.10. The number of rotatable bonds is 6. The summed E-state index contributed by atoms with van der Waals surface area (Å²) in [6, 6.07) is 8.89. The molecule has 1 N–H and O–H groups in total. The molecule has 3 rings (SSSR count). The Labute approximate surface area is 129 Å². The fourth-order valence-corrected chi connectivity index (χ4v) is 3.28. The Hall–Kier alpha value is -1.65. The maximum absolute atomic E-state index is 4.56. The van der Waals surface area contributed by atoms with Gasteiger partial charge in [0.1, 0.15) is 5.01 Å². The lowest BCUT2D eigenvalue weighted by molar-refractivity contribution is 0.675.